The Morgan fingerprint density at radius 3 is 2.38 bits per heavy atom. The first-order chi connectivity index (χ1) is 7.36. The maximum Gasteiger partial charge on any atom is 0.137 e. The number of ether oxygens (including phenoxy) is 1. The lowest BCUT2D eigenvalue weighted by molar-refractivity contribution is 0.306. The Balaban J connectivity index is 3.21. The second kappa shape index (κ2) is 5.22. The number of rotatable bonds is 3. The Morgan fingerprint density at radius 2 is 1.88 bits per heavy atom. The molecule has 0 aliphatic heterocycles. The van der Waals surface area contributed by atoms with Crippen LogP contribution in [0.5, 0.6) is 5.75 Å². The summed E-state index contributed by atoms with van der Waals surface area (Å²) in [5.41, 5.74) is 2.64. The predicted octanol–water partition coefficient (Wildman–Crippen LogP) is 4.84. The van der Waals surface area contributed by atoms with Gasteiger partial charge in [0.05, 0.1) is 11.1 Å². The molecule has 0 spiro atoms. The van der Waals surface area contributed by atoms with Gasteiger partial charge in [-0.1, -0.05) is 33.8 Å². The zero-order chi connectivity index (χ0) is 12.3. The minimum Gasteiger partial charge on any atom is -0.492 e. The van der Waals surface area contributed by atoms with E-state index in [1.165, 1.54) is 11.1 Å². The van der Waals surface area contributed by atoms with Crippen LogP contribution in [0.2, 0.25) is 0 Å². The van der Waals surface area contributed by atoms with E-state index >= 15 is 0 Å². The normalized spacial score (nSPS) is 11.6. The number of halogens is 1. The minimum absolute atomic E-state index is 0.109. The molecule has 0 saturated heterocycles. The number of aryl methyl sites for hydroxylation is 1. The lowest BCUT2D eigenvalue weighted by Gasteiger charge is -2.24. The van der Waals surface area contributed by atoms with Crippen molar-refractivity contribution in [2.75, 3.05) is 6.61 Å². The molecule has 0 unspecified atom stereocenters. The highest BCUT2D eigenvalue weighted by molar-refractivity contribution is 9.10. The number of hydrogen-bond acceptors (Lipinski definition) is 1. The van der Waals surface area contributed by atoms with Gasteiger partial charge in [0.15, 0.2) is 0 Å². The van der Waals surface area contributed by atoms with Crippen LogP contribution in [0.3, 0.4) is 0 Å². The van der Waals surface area contributed by atoms with Gasteiger partial charge in [-0.05, 0) is 46.3 Å². The summed E-state index contributed by atoms with van der Waals surface area (Å²) >= 11 is 3.60. The van der Waals surface area contributed by atoms with E-state index in [0.717, 1.165) is 23.2 Å². The van der Waals surface area contributed by atoms with Gasteiger partial charge in [-0.3, -0.25) is 0 Å². The highest BCUT2D eigenvalue weighted by atomic mass is 79.9. The molecule has 0 radical (unpaired) electrons. The van der Waals surface area contributed by atoms with E-state index in [-0.39, 0.29) is 5.41 Å². The third kappa shape index (κ3) is 3.24. The molecule has 0 saturated carbocycles. The Hall–Kier alpha value is -0.500. The van der Waals surface area contributed by atoms with Crippen LogP contribution in [-0.2, 0) is 5.41 Å². The molecular weight excluding hydrogens is 264 g/mol. The predicted molar refractivity (Wildman–Crippen MR) is 73.4 cm³/mol. The molecule has 0 atom stereocenters. The van der Waals surface area contributed by atoms with Gasteiger partial charge in [-0.15, -0.1) is 0 Å². The third-order valence-corrected chi connectivity index (χ3v) is 3.04. The van der Waals surface area contributed by atoms with Crippen molar-refractivity contribution in [2.45, 2.75) is 46.5 Å². The fourth-order valence-corrected chi connectivity index (χ4v) is 2.33. The molecule has 1 rings (SSSR count). The van der Waals surface area contributed by atoms with Crippen LogP contribution in [-0.4, -0.2) is 6.61 Å². The van der Waals surface area contributed by atoms with Crippen molar-refractivity contribution in [1.82, 2.24) is 0 Å². The Kier molecular flexibility index (Phi) is 4.43. The summed E-state index contributed by atoms with van der Waals surface area (Å²) in [5.74, 6) is 1.000. The first kappa shape index (κ1) is 13.6. The maximum absolute atomic E-state index is 5.85. The van der Waals surface area contributed by atoms with Crippen LogP contribution < -0.4 is 4.74 Å². The molecule has 1 nitrogen and oxygen atoms in total. The Morgan fingerprint density at radius 1 is 1.25 bits per heavy atom. The van der Waals surface area contributed by atoms with Crippen LogP contribution in [0.25, 0.3) is 0 Å². The van der Waals surface area contributed by atoms with Gasteiger partial charge < -0.3 is 4.74 Å². The molecule has 1 aromatic rings. The fraction of sp³-hybridized carbons (Fsp3) is 0.571. The summed E-state index contributed by atoms with van der Waals surface area (Å²) < 4.78 is 6.91. The average molecular weight is 285 g/mol. The second-order valence-electron chi connectivity index (χ2n) is 5.22. The summed E-state index contributed by atoms with van der Waals surface area (Å²) in [6.07, 6.45) is 1.03. The van der Waals surface area contributed by atoms with E-state index in [1.807, 2.05) is 0 Å². The molecule has 0 bridgehead atoms. The van der Waals surface area contributed by atoms with Crippen molar-refractivity contribution in [1.29, 1.82) is 0 Å². The maximum atomic E-state index is 5.85. The van der Waals surface area contributed by atoms with Gasteiger partial charge in [-0.25, -0.2) is 0 Å². The first-order valence-corrected chi connectivity index (χ1v) is 6.59. The summed E-state index contributed by atoms with van der Waals surface area (Å²) in [6.45, 7) is 11.7. The van der Waals surface area contributed by atoms with Crippen molar-refractivity contribution < 1.29 is 4.74 Å². The standard InChI is InChI=1S/C14H21BrO/c1-6-7-16-13-11(14(3,4)5)8-10(2)9-12(13)15/h8-9H,6-7H2,1-5H3. The zero-order valence-electron chi connectivity index (χ0n) is 10.9. The SMILES string of the molecule is CCCOc1c(Br)cc(C)cc1C(C)(C)C. The topological polar surface area (TPSA) is 9.23 Å². The summed E-state index contributed by atoms with van der Waals surface area (Å²) in [4.78, 5) is 0. The second-order valence-corrected chi connectivity index (χ2v) is 6.08. The van der Waals surface area contributed by atoms with E-state index in [2.05, 4.69) is 62.7 Å². The Bertz CT molecular complexity index is 364. The van der Waals surface area contributed by atoms with Gasteiger partial charge in [0.25, 0.3) is 0 Å². The van der Waals surface area contributed by atoms with Gasteiger partial charge in [0.1, 0.15) is 5.75 Å². The number of benzene rings is 1. The van der Waals surface area contributed by atoms with Crippen molar-refractivity contribution in [2.24, 2.45) is 0 Å². The fourth-order valence-electron chi connectivity index (χ4n) is 1.64. The third-order valence-electron chi connectivity index (χ3n) is 2.45. The number of hydrogen-bond donors (Lipinski definition) is 0. The zero-order valence-corrected chi connectivity index (χ0v) is 12.4. The van der Waals surface area contributed by atoms with Crippen LogP contribution in [0, 0.1) is 6.92 Å². The molecule has 0 heterocycles. The molecule has 0 aliphatic rings. The molecular formula is C14H21BrO. The molecule has 1 aromatic carbocycles. The van der Waals surface area contributed by atoms with Crippen LogP contribution in [0.1, 0.15) is 45.2 Å². The van der Waals surface area contributed by atoms with Crippen LogP contribution in [0.15, 0.2) is 16.6 Å². The molecule has 0 aromatic heterocycles. The molecule has 2 heteroatoms. The summed E-state index contributed by atoms with van der Waals surface area (Å²) in [5, 5.41) is 0. The Labute approximate surface area is 107 Å². The van der Waals surface area contributed by atoms with E-state index in [0.29, 0.717) is 0 Å². The van der Waals surface area contributed by atoms with Crippen molar-refractivity contribution >= 4 is 15.9 Å². The van der Waals surface area contributed by atoms with Crippen molar-refractivity contribution in [3.63, 3.8) is 0 Å². The van der Waals surface area contributed by atoms with E-state index in [1.54, 1.807) is 0 Å². The van der Waals surface area contributed by atoms with Gasteiger partial charge in [0, 0.05) is 5.56 Å². The van der Waals surface area contributed by atoms with Gasteiger partial charge in [-0.2, -0.15) is 0 Å². The molecule has 0 amide bonds. The van der Waals surface area contributed by atoms with E-state index in [9.17, 15) is 0 Å². The van der Waals surface area contributed by atoms with Crippen molar-refractivity contribution in [3.05, 3.63) is 27.7 Å². The van der Waals surface area contributed by atoms with E-state index < -0.39 is 0 Å². The molecule has 16 heavy (non-hydrogen) atoms. The minimum atomic E-state index is 0.109. The summed E-state index contributed by atoms with van der Waals surface area (Å²) in [7, 11) is 0. The molecule has 0 N–H and O–H groups in total. The van der Waals surface area contributed by atoms with Crippen LogP contribution in [0.4, 0.5) is 0 Å². The molecule has 0 fully saturated rings. The van der Waals surface area contributed by atoms with Gasteiger partial charge >= 0.3 is 0 Å². The molecule has 0 aliphatic carbocycles. The smallest absolute Gasteiger partial charge is 0.137 e. The molecule has 90 valence electrons. The highest BCUT2D eigenvalue weighted by Gasteiger charge is 2.21. The quantitative estimate of drug-likeness (QED) is 0.771. The lowest BCUT2D eigenvalue weighted by Crippen LogP contribution is -2.14. The van der Waals surface area contributed by atoms with E-state index in [4.69, 9.17) is 4.74 Å². The van der Waals surface area contributed by atoms with Crippen molar-refractivity contribution in [3.8, 4) is 5.75 Å². The van der Waals surface area contributed by atoms with Gasteiger partial charge in [0.2, 0.25) is 0 Å². The lowest BCUT2D eigenvalue weighted by atomic mass is 9.85. The monoisotopic (exact) mass is 284 g/mol. The average Bonchev–Trinajstić information content (AvgIpc) is 2.14. The summed E-state index contributed by atoms with van der Waals surface area (Å²) in [6, 6.07) is 4.33. The largest absolute Gasteiger partial charge is 0.492 e. The van der Waals surface area contributed by atoms with Crippen LogP contribution >= 0.6 is 15.9 Å². The highest BCUT2D eigenvalue weighted by Crippen LogP contribution is 2.38. The first-order valence-electron chi connectivity index (χ1n) is 5.79.